The number of aromatic nitrogens is 2. The van der Waals surface area contributed by atoms with E-state index in [4.69, 9.17) is 11.6 Å². The minimum Gasteiger partial charge on any atom is -0.361 e. The number of likely N-dealkylation sites (tertiary alicyclic amines) is 1. The van der Waals surface area contributed by atoms with E-state index in [1.807, 2.05) is 17.0 Å². The van der Waals surface area contributed by atoms with Gasteiger partial charge in [-0.05, 0) is 54.3 Å². The molecule has 0 spiro atoms. The second-order valence-corrected chi connectivity index (χ2v) is 11.3. The van der Waals surface area contributed by atoms with Crippen LogP contribution in [0.15, 0.2) is 79.1 Å². The van der Waals surface area contributed by atoms with Crippen molar-refractivity contribution in [2.24, 2.45) is 5.92 Å². The number of nitrogens with one attached hydrogen (secondary N) is 2. The Hall–Kier alpha value is -4.10. The van der Waals surface area contributed by atoms with E-state index in [0.717, 1.165) is 23.9 Å². The zero-order valence-electron chi connectivity index (χ0n) is 21.8. The first kappa shape index (κ1) is 24.9. The first-order valence-electron chi connectivity index (χ1n) is 13.6. The molecular formula is C32H28ClFN4O2. The molecule has 2 fully saturated rings. The molecule has 6 nitrogen and oxygen atoms in total. The molecule has 202 valence electrons. The fourth-order valence-corrected chi connectivity index (χ4v) is 6.94. The van der Waals surface area contributed by atoms with Crippen LogP contribution in [-0.2, 0) is 15.0 Å². The van der Waals surface area contributed by atoms with E-state index < -0.39 is 11.7 Å². The zero-order chi connectivity index (χ0) is 27.4. The zero-order valence-corrected chi connectivity index (χ0v) is 22.5. The second kappa shape index (κ2) is 9.52. The maximum absolute atomic E-state index is 13.7. The van der Waals surface area contributed by atoms with Crippen LogP contribution < -0.4 is 4.90 Å². The number of rotatable bonds is 4. The Morgan fingerprint density at radius 1 is 0.900 bits per heavy atom. The lowest BCUT2D eigenvalue weighted by Crippen LogP contribution is -2.47. The lowest BCUT2D eigenvalue weighted by molar-refractivity contribution is -0.137. The number of amides is 2. The van der Waals surface area contributed by atoms with Crippen LogP contribution in [0.4, 0.5) is 10.1 Å². The van der Waals surface area contributed by atoms with E-state index in [2.05, 4.69) is 58.8 Å². The first-order valence-corrected chi connectivity index (χ1v) is 14.0. The number of aromatic amines is 2. The molecule has 5 aromatic rings. The van der Waals surface area contributed by atoms with Gasteiger partial charge in [0.25, 0.3) is 0 Å². The van der Waals surface area contributed by atoms with Gasteiger partial charge in [-0.15, -0.1) is 0 Å². The van der Waals surface area contributed by atoms with E-state index in [-0.39, 0.29) is 35.2 Å². The Kier molecular flexibility index (Phi) is 5.93. The molecule has 2 aliphatic heterocycles. The van der Waals surface area contributed by atoms with Gasteiger partial charge in [-0.3, -0.25) is 9.59 Å². The average Bonchev–Trinajstić information content (AvgIpc) is 3.71. The summed E-state index contributed by atoms with van der Waals surface area (Å²) in [6, 6.07) is 20.9. The maximum atomic E-state index is 13.7. The van der Waals surface area contributed by atoms with Gasteiger partial charge in [0.05, 0.1) is 10.9 Å². The van der Waals surface area contributed by atoms with Gasteiger partial charge in [0.1, 0.15) is 5.82 Å². The summed E-state index contributed by atoms with van der Waals surface area (Å²) in [5, 5.41) is 2.35. The van der Waals surface area contributed by atoms with Crippen LogP contribution in [0, 0.1) is 11.7 Å². The van der Waals surface area contributed by atoms with Crippen molar-refractivity contribution in [1.29, 1.82) is 0 Å². The third-order valence-corrected chi connectivity index (χ3v) is 9.12. The van der Waals surface area contributed by atoms with Crippen molar-refractivity contribution in [1.82, 2.24) is 14.9 Å². The molecule has 0 bridgehead atoms. The van der Waals surface area contributed by atoms with E-state index in [1.54, 1.807) is 4.90 Å². The normalized spacial score (nSPS) is 19.1. The molecular weight excluding hydrogens is 527 g/mol. The summed E-state index contributed by atoms with van der Waals surface area (Å²) in [6.07, 6.45) is 5.93. The molecule has 2 aliphatic rings. The number of piperidine rings is 1. The van der Waals surface area contributed by atoms with Gasteiger partial charge >= 0.3 is 0 Å². The van der Waals surface area contributed by atoms with Crippen molar-refractivity contribution in [3.63, 3.8) is 0 Å². The Labute approximate surface area is 235 Å². The number of carbonyl (C=O) groups excluding carboxylic acids is 2. The summed E-state index contributed by atoms with van der Waals surface area (Å²) in [7, 11) is 0. The van der Waals surface area contributed by atoms with Gasteiger partial charge in [-0.25, -0.2) is 4.39 Å². The van der Waals surface area contributed by atoms with Gasteiger partial charge < -0.3 is 19.8 Å². The number of hydrogen-bond donors (Lipinski definition) is 2. The van der Waals surface area contributed by atoms with E-state index >= 15 is 0 Å². The highest BCUT2D eigenvalue weighted by atomic mass is 35.5. The highest BCUT2D eigenvalue weighted by Gasteiger charge is 2.44. The van der Waals surface area contributed by atoms with Crippen molar-refractivity contribution < 1.29 is 14.0 Å². The second-order valence-electron chi connectivity index (χ2n) is 10.9. The van der Waals surface area contributed by atoms with Gasteiger partial charge in [0.2, 0.25) is 11.8 Å². The summed E-state index contributed by atoms with van der Waals surface area (Å²) in [6.45, 7) is 1.45. The van der Waals surface area contributed by atoms with Crippen molar-refractivity contribution in [2.45, 2.75) is 24.7 Å². The van der Waals surface area contributed by atoms with Crippen molar-refractivity contribution in [2.75, 3.05) is 24.5 Å². The van der Waals surface area contributed by atoms with Crippen LogP contribution in [0.3, 0.4) is 0 Å². The largest absolute Gasteiger partial charge is 0.361 e. The molecule has 2 aromatic heterocycles. The summed E-state index contributed by atoms with van der Waals surface area (Å²) in [5.41, 5.74) is 4.92. The predicted octanol–water partition coefficient (Wildman–Crippen LogP) is 6.40. The topological polar surface area (TPSA) is 72.2 Å². The molecule has 8 heteroatoms. The highest BCUT2D eigenvalue weighted by molar-refractivity contribution is 6.31. The maximum Gasteiger partial charge on any atom is 0.228 e. The SMILES string of the molecule is O=C([C@H]1CC(=O)N(c2ccc(F)c(Cl)c2)C1)N1CCC(c2c[nH]c3ccccc23)(c2c[nH]c3ccccc23)CC1. The fraction of sp³-hybridized carbons (Fsp3) is 0.250. The number of H-pyrrole nitrogens is 2. The lowest BCUT2D eigenvalue weighted by Gasteiger charge is -2.43. The van der Waals surface area contributed by atoms with Crippen LogP contribution in [0.2, 0.25) is 5.02 Å². The van der Waals surface area contributed by atoms with Crippen LogP contribution in [0.5, 0.6) is 0 Å². The van der Waals surface area contributed by atoms with Crippen LogP contribution in [-0.4, -0.2) is 46.3 Å². The Morgan fingerprint density at radius 3 is 2.10 bits per heavy atom. The number of hydrogen-bond acceptors (Lipinski definition) is 2. The Bertz CT molecular complexity index is 1690. The summed E-state index contributed by atoms with van der Waals surface area (Å²) in [4.78, 5) is 36.9. The average molecular weight is 555 g/mol. The third-order valence-electron chi connectivity index (χ3n) is 8.83. The number of benzene rings is 3. The molecule has 0 saturated carbocycles. The molecule has 0 radical (unpaired) electrons. The molecule has 2 N–H and O–H groups in total. The van der Waals surface area contributed by atoms with Gasteiger partial charge in [-0.1, -0.05) is 48.0 Å². The molecule has 3 aromatic carbocycles. The number of nitrogens with zero attached hydrogens (tertiary/aromatic N) is 2. The van der Waals surface area contributed by atoms with Crippen LogP contribution in [0.1, 0.15) is 30.4 Å². The van der Waals surface area contributed by atoms with Crippen molar-refractivity contribution in [3.05, 3.63) is 101 Å². The smallest absolute Gasteiger partial charge is 0.228 e. The summed E-state index contributed by atoms with van der Waals surface area (Å²) < 4.78 is 13.7. The van der Waals surface area contributed by atoms with Crippen LogP contribution >= 0.6 is 11.6 Å². The van der Waals surface area contributed by atoms with Gasteiger partial charge in [-0.2, -0.15) is 0 Å². The molecule has 0 unspecified atom stereocenters. The number of halogens is 2. The highest BCUT2D eigenvalue weighted by Crippen LogP contribution is 2.47. The molecule has 7 rings (SSSR count). The third kappa shape index (κ3) is 3.91. The Balaban J connectivity index is 1.17. The van der Waals surface area contributed by atoms with Gasteiger partial charge in [0.15, 0.2) is 0 Å². The fourth-order valence-electron chi connectivity index (χ4n) is 6.76. The standard InChI is InChI=1S/C32H28ClFN4O2/c33-26-16-21(9-10-27(26)34)38-19-20(15-30(38)39)31(40)37-13-11-32(12-14-37,24-17-35-28-7-3-1-5-22(24)28)25-18-36-29-8-4-2-6-23(25)29/h1-10,16-18,20,35-36H,11-15,19H2/t20-/m0/s1. The molecule has 2 saturated heterocycles. The monoisotopic (exact) mass is 554 g/mol. The molecule has 2 amide bonds. The minimum absolute atomic E-state index is 0.00416. The quantitative estimate of drug-likeness (QED) is 0.270. The molecule has 1 atom stereocenters. The Morgan fingerprint density at radius 2 is 1.50 bits per heavy atom. The lowest BCUT2D eigenvalue weighted by atomic mass is 9.67. The van der Waals surface area contributed by atoms with E-state index in [0.29, 0.717) is 18.8 Å². The predicted molar refractivity (Wildman–Crippen MR) is 155 cm³/mol. The summed E-state index contributed by atoms with van der Waals surface area (Å²) in [5.74, 6) is -1.13. The van der Waals surface area contributed by atoms with E-state index in [9.17, 15) is 14.0 Å². The van der Waals surface area contributed by atoms with Crippen LogP contribution in [0.25, 0.3) is 21.8 Å². The van der Waals surface area contributed by atoms with Crippen molar-refractivity contribution in [3.8, 4) is 0 Å². The molecule has 40 heavy (non-hydrogen) atoms. The number of anilines is 1. The first-order chi connectivity index (χ1) is 19.4. The molecule has 4 heterocycles. The number of fused-ring (bicyclic) bond motifs is 2. The van der Waals surface area contributed by atoms with Gasteiger partial charge in [0, 0.05) is 71.4 Å². The molecule has 0 aliphatic carbocycles. The number of para-hydroxylation sites is 2. The summed E-state index contributed by atoms with van der Waals surface area (Å²) >= 11 is 5.95. The van der Waals surface area contributed by atoms with Crippen molar-refractivity contribution >= 4 is 50.9 Å². The number of carbonyl (C=O) groups is 2. The minimum atomic E-state index is -0.535. The van der Waals surface area contributed by atoms with E-state index in [1.165, 1.54) is 40.1 Å².